The number of aliphatic hydroxyl groups is 1. The third kappa shape index (κ3) is 4.78. The van der Waals surface area contributed by atoms with Gasteiger partial charge in [0.05, 0.1) is 6.61 Å². The maximum absolute atomic E-state index is 11.1. The van der Waals surface area contributed by atoms with Gasteiger partial charge >= 0.3 is 17.9 Å². The highest BCUT2D eigenvalue weighted by atomic mass is 16.6. The van der Waals surface area contributed by atoms with Crippen molar-refractivity contribution in [3.63, 3.8) is 0 Å². The summed E-state index contributed by atoms with van der Waals surface area (Å²) >= 11 is 0. The molecule has 0 saturated carbocycles. The Hall–Kier alpha value is -1.67. The third-order valence-corrected chi connectivity index (χ3v) is 2.61. The molecule has 0 spiro atoms. The first-order valence-corrected chi connectivity index (χ1v) is 6.08. The van der Waals surface area contributed by atoms with Gasteiger partial charge in [0.15, 0.2) is 12.2 Å². The van der Waals surface area contributed by atoms with Gasteiger partial charge in [0.25, 0.3) is 0 Å². The van der Waals surface area contributed by atoms with Crippen LogP contribution in [0.2, 0.25) is 0 Å². The van der Waals surface area contributed by atoms with Gasteiger partial charge in [-0.2, -0.15) is 0 Å². The van der Waals surface area contributed by atoms with Crippen LogP contribution in [0.15, 0.2) is 0 Å². The van der Waals surface area contributed by atoms with Crippen molar-refractivity contribution in [2.45, 2.75) is 45.2 Å². The minimum absolute atomic E-state index is 0.123. The first-order valence-electron chi connectivity index (χ1n) is 6.08. The van der Waals surface area contributed by atoms with E-state index in [1.54, 1.807) is 0 Å². The number of esters is 3. The van der Waals surface area contributed by atoms with Crippen molar-refractivity contribution in [3.8, 4) is 0 Å². The number of rotatable bonds is 4. The van der Waals surface area contributed by atoms with Gasteiger partial charge in [-0.05, 0) is 0 Å². The van der Waals surface area contributed by atoms with Gasteiger partial charge in [-0.15, -0.1) is 0 Å². The number of carbonyl (C=O) groups excluding carboxylic acids is 3. The number of carbonyl (C=O) groups is 3. The van der Waals surface area contributed by atoms with Gasteiger partial charge in [-0.25, -0.2) is 0 Å². The molecule has 114 valence electrons. The van der Waals surface area contributed by atoms with E-state index in [2.05, 4.69) is 0 Å². The first kappa shape index (κ1) is 16.4. The van der Waals surface area contributed by atoms with Crippen molar-refractivity contribution in [1.29, 1.82) is 0 Å². The molecule has 1 rings (SSSR count). The van der Waals surface area contributed by atoms with E-state index in [9.17, 15) is 19.5 Å². The summed E-state index contributed by atoms with van der Waals surface area (Å²) in [7, 11) is 0. The zero-order valence-electron chi connectivity index (χ0n) is 11.5. The van der Waals surface area contributed by atoms with Crippen molar-refractivity contribution < 1.29 is 38.4 Å². The van der Waals surface area contributed by atoms with Crippen molar-refractivity contribution in [2.24, 2.45) is 0 Å². The molecular formula is C12H18O8. The minimum Gasteiger partial charge on any atom is -0.463 e. The molecule has 2 unspecified atom stereocenters. The average Bonchev–Trinajstić information content (AvgIpc) is 2.31. The summed E-state index contributed by atoms with van der Waals surface area (Å²) in [5.41, 5.74) is 0. The molecule has 8 heteroatoms. The molecule has 1 fully saturated rings. The predicted octanol–water partition coefficient (Wildman–Crippen LogP) is -0.827. The number of aliphatic hydroxyl groups excluding tert-OH is 1. The van der Waals surface area contributed by atoms with Gasteiger partial charge in [0, 0.05) is 20.8 Å². The van der Waals surface area contributed by atoms with E-state index < -0.39 is 42.3 Å². The molecule has 0 aromatic carbocycles. The molecule has 1 aliphatic heterocycles. The second kappa shape index (κ2) is 7.20. The molecule has 0 aromatic rings. The van der Waals surface area contributed by atoms with Crippen LogP contribution in [0.4, 0.5) is 0 Å². The highest BCUT2D eigenvalue weighted by Gasteiger charge is 2.44. The monoisotopic (exact) mass is 290 g/mol. The Kier molecular flexibility index (Phi) is 5.90. The van der Waals surface area contributed by atoms with E-state index in [0.29, 0.717) is 0 Å². The van der Waals surface area contributed by atoms with Gasteiger partial charge in [-0.3, -0.25) is 14.4 Å². The van der Waals surface area contributed by atoms with Gasteiger partial charge < -0.3 is 24.1 Å². The molecular weight excluding hydrogens is 272 g/mol. The smallest absolute Gasteiger partial charge is 0.303 e. The van der Waals surface area contributed by atoms with E-state index in [0.717, 1.165) is 0 Å². The second-order valence-corrected chi connectivity index (χ2v) is 4.39. The minimum atomic E-state index is -1.13. The van der Waals surface area contributed by atoms with Crippen LogP contribution in [-0.2, 0) is 33.3 Å². The molecule has 0 radical (unpaired) electrons. The number of ether oxygens (including phenoxy) is 4. The number of hydrogen-bond donors (Lipinski definition) is 1. The van der Waals surface area contributed by atoms with Crippen LogP contribution in [0, 0.1) is 0 Å². The molecule has 0 amide bonds. The Labute approximate surface area is 115 Å². The summed E-state index contributed by atoms with van der Waals surface area (Å²) in [6.45, 7) is 3.28. The van der Waals surface area contributed by atoms with Gasteiger partial charge in [-0.1, -0.05) is 0 Å². The van der Waals surface area contributed by atoms with Crippen molar-refractivity contribution in [1.82, 2.24) is 0 Å². The van der Waals surface area contributed by atoms with E-state index in [1.807, 2.05) is 0 Å². The van der Waals surface area contributed by atoms with Crippen LogP contribution in [0.3, 0.4) is 0 Å². The van der Waals surface area contributed by atoms with E-state index in [1.165, 1.54) is 20.8 Å². The highest BCUT2D eigenvalue weighted by molar-refractivity contribution is 5.67. The summed E-state index contributed by atoms with van der Waals surface area (Å²) in [6, 6.07) is 0. The Bertz CT molecular complexity index is 380. The molecule has 1 aliphatic rings. The first-order chi connectivity index (χ1) is 9.31. The molecule has 1 N–H and O–H groups in total. The Morgan fingerprint density at radius 2 is 1.60 bits per heavy atom. The quantitative estimate of drug-likeness (QED) is 0.528. The van der Waals surface area contributed by atoms with Gasteiger partial charge in [0.1, 0.15) is 18.8 Å². The molecule has 1 saturated heterocycles. The Morgan fingerprint density at radius 3 is 2.10 bits per heavy atom. The standard InChI is InChI=1S/C12H18O8/c1-6(13)17-5-10-12(20-8(3)15)11(19-7(2)14)9(16)4-18-10/h9-12,16H,4-5H2,1-3H3/t9?,10?,11-,12+/m1/s1. The normalized spacial score (nSPS) is 29.4. The molecule has 20 heavy (non-hydrogen) atoms. The summed E-state index contributed by atoms with van der Waals surface area (Å²) in [6.07, 6.45) is -4.04. The summed E-state index contributed by atoms with van der Waals surface area (Å²) in [5.74, 6) is -1.78. The average molecular weight is 290 g/mol. The lowest BCUT2D eigenvalue weighted by atomic mass is 10.00. The van der Waals surface area contributed by atoms with E-state index in [-0.39, 0.29) is 13.2 Å². The molecule has 0 aromatic heterocycles. The predicted molar refractivity (Wildman–Crippen MR) is 63.5 cm³/mol. The van der Waals surface area contributed by atoms with Crippen molar-refractivity contribution in [3.05, 3.63) is 0 Å². The zero-order chi connectivity index (χ0) is 15.3. The Balaban J connectivity index is 2.83. The Morgan fingerprint density at radius 1 is 1.05 bits per heavy atom. The largest absolute Gasteiger partial charge is 0.463 e. The van der Waals surface area contributed by atoms with Gasteiger partial charge in [0.2, 0.25) is 0 Å². The number of hydrogen-bond acceptors (Lipinski definition) is 8. The van der Waals surface area contributed by atoms with Crippen LogP contribution >= 0.6 is 0 Å². The third-order valence-electron chi connectivity index (χ3n) is 2.61. The van der Waals surface area contributed by atoms with Crippen molar-refractivity contribution >= 4 is 17.9 Å². The van der Waals surface area contributed by atoms with Crippen LogP contribution in [0.5, 0.6) is 0 Å². The summed E-state index contributed by atoms with van der Waals surface area (Å²) in [5, 5.41) is 9.80. The molecule has 8 nitrogen and oxygen atoms in total. The molecule has 4 atom stereocenters. The topological polar surface area (TPSA) is 108 Å². The van der Waals surface area contributed by atoms with Crippen LogP contribution in [0.1, 0.15) is 20.8 Å². The lowest BCUT2D eigenvalue weighted by Crippen LogP contribution is -2.57. The van der Waals surface area contributed by atoms with E-state index >= 15 is 0 Å². The maximum Gasteiger partial charge on any atom is 0.303 e. The van der Waals surface area contributed by atoms with Crippen LogP contribution in [0.25, 0.3) is 0 Å². The lowest BCUT2D eigenvalue weighted by molar-refractivity contribution is -0.225. The fraction of sp³-hybridized carbons (Fsp3) is 0.750. The van der Waals surface area contributed by atoms with Crippen LogP contribution in [-0.4, -0.2) is 60.6 Å². The fourth-order valence-corrected chi connectivity index (χ4v) is 1.86. The SMILES string of the molecule is CC(=O)OCC1OCC(O)[C@@H](OC(C)=O)[C@H]1OC(C)=O. The maximum atomic E-state index is 11.1. The zero-order valence-corrected chi connectivity index (χ0v) is 11.5. The van der Waals surface area contributed by atoms with Crippen molar-refractivity contribution in [2.75, 3.05) is 13.2 Å². The molecule has 0 bridgehead atoms. The molecule has 0 aliphatic carbocycles. The van der Waals surface area contributed by atoms with Crippen LogP contribution < -0.4 is 0 Å². The summed E-state index contributed by atoms with van der Waals surface area (Å²) < 4.78 is 20.1. The fourth-order valence-electron chi connectivity index (χ4n) is 1.86. The summed E-state index contributed by atoms with van der Waals surface area (Å²) in [4.78, 5) is 33.0. The lowest BCUT2D eigenvalue weighted by Gasteiger charge is -2.38. The van der Waals surface area contributed by atoms with E-state index in [4.69, 9.17) is 18.9 Å². The molecule has 1 heterocycles. The second-order valence-electron chi connectivity index (χ2n) is 4.39. The highest BCUT2D eigenvalue weighted by Crippen LogP contribution is 2.22.